The van der Waals surface area contributed by atoms with Gasteiger partial charge in [0.2, 0.25) is 0 Å². The van der Waals surface area contributed by atoms with Crippen molar-refractivity contribution in [3.05, 3.63) is 44.5 Å². The molecule has 0 bridgehead atoms. The lowest BCUT2D eigenvalue weighted by atomic mass is 10.3. The molecule has 0 aromatic carbocycles. The number of nitrogens with zero attached hydrogens (tertiary/aromatic N) is 3. The Morgan fingerprint density at radius 3 is 2.95 bits per heavy atom. The molecule has 0 fully saturated rings. The zero-order chi connectivity index (χ0) is 13.8. The minimum Gasteiger partial charge on any atom is -0.369 e. The van der Waals surface area contributed by atoms with Gasteiger partial charge in [0.15, 0.2) is 0 Å². The number of aryl methyl sites for hydroxylation is 1. The molecular formula is C12H14N4O2S. The highest BCUT2D eigenvalue weighted by Gasteiger charge is 2.18. The van der Waals surface area contributed by atoms with Gasteiger partial charge in [-0.3, -0.25) is 0 Å². The number of aromatic nitrogens is 2. The number of hydrogen-bond donors (Lipinski definition) is 1. The van der Waals surface area contributed by atoms with Crippen LogP contribution in [0.4, 0.5) is 11.5 Å². The fourth-order valence-corrected chi connectivity index (χ4v) is 2.50. The molecule has 2 rings (SSSR count). The van der Waals surface area contributed by atoms with E-state index < -0.39 is 4.92 Å². The number of thiazole rings is 1. The third-order valence-corrected chi connectivity index (χ3v) is 3.95. The Balaban J connectivity index is 2.19. The van der Waals surface area contributed by atoms with E-state index in [4.69, 9.17) is 0 Å². The summed E-state index contributed by atoms with van der Waals surface area (Å²) in [5.41, 5.74) is 0.410. The van der Waals surface area contributed by atoms with Gasteiger partial charge in [-0.2, -0.15) is 0 Å². The Labute approximate surface area is 114 Å². The van der Waals surface area contributed by atoms with E-state index in [0.29, 0.717) is 5.69 Å². The van der Waals surface area contributed by atoms with Crippen molar-refractivity contribution in [1.29, 1.82) is 0 Å². The quantitative estimate of drug-likeness (QED) is 0.671. The first-order valence-electron chi connectivity index (χ1n) is 5.92. The number of hydrogen-bond acceptors (Lipinski definition) is 6. The largest absolute Gasteiger partial charge is 0.386 e. The molecule has 0 amide bonds. The van der Waals surface area contributed by atoms with Crippen LogP contribution in [0.1, 0.15) is 29.8 Å². The summed E-state index contributed by atoms with van der Waals surface area (Å²) in [6.07, 6.45) is 4.19. The average Bonchev–Trinajstić information content (AvgIpc) is 2.88. The zero-order valence-electron chi connectivity index (χ0n) is 10.7. The minimum absolute atomic E-state index is 0.0896. The monoisotopic (exact) mass is 278 g/mol. The second kappa shape index (κ2) is 5.75. The summed E-state index contributed by atoms with van der Waals surface area (Å²) < 4.78 is 0. The highest BCUT2D eigenvalue weighted by atomic mass is 32.1. The molecule has 2 heterocycles. The summed E-state index contributed by atoms with van der Waals surface area (Å²) >= 11 is 1.61. The van der Waals surface area contributed by atoms with Crippen molar-refractivity contribution in [3.8, 4) is 0 Å². The summed E-state index contributed by atoms with van der Waals surface area (Å²) in [4.78, 5) is 19.7. The van der Waals surface area contributed by atoms with E-state index in [9.17, 15) is 10.1 Å². The molecule has 0 spiro atoms. The summed E-state index contributed by atoms with van der Waals surface area (Å²) in [6.45, 7) is 4.00. The SMILES string of the molecule is CCc1cnc(C(C)Nc2cccnc2[N+](=O)[O-])s1. The lowest BCUT2D eigenvalue weighted by Crippen LogP contribution is -2.08. The molecular weight excluding hydrogens is 264 g/mol. The fraction of sp³-hybridized carbons (Fsp3) is 0.333. The van der Waals surface area contributed by atoms with Crippen LogP contribution in [-0.4, -0.2) is 14.9 Å². The number of rotatable bonds is 5. The second-order valence-corrected chi connectivity index (χ2v) is 5.16. The van der Waals surface area contributed by atoms with Gasteiger partial charge < -0.3 is 15.4 Å². The Bertz CT molecular complexity index is 585. The first-order chi connectivity index (χ1) is 9.11. The maximum absolute atomic E-state index is 10.9. The molecule has 0 aliphatic carbocycles. The van der Waals surface area contributed by atoms with E-state index in [1.807, 2.05) is 13.1 Å². The second-order valence-electron chi connectivity index (χ2n) is 4.02. The van der Waals surface area contributed by atoms with Crippen LogP contribution in [-0.2, 0) is 6.42 Å². The summed E-state index contributed by atoms with van der Waals surface area (Å²) in [7, 11) is 0. The third kappa shape index (κ3) is 3.05. The molecule has 0 saturated heterocycles. The van der Waals surface area contributed by atoms with Gasteiger partial charge in [-0.05, 0) is 35.4 Å². The van der Waals surface area contributed by atoms with Crippen molar-refractivity contribution in [3.63, 3.8) is 0 Å². The first kappa shape index (κ1) is 13.4. The maximum atomic E-state index is 10.9. The number of anilines is 1. The van der Waals surface area contributed by atoms with Crippen LogP contribution in [0.5, 0.6) is 0 Å². The lowest BCUT2D eigenvalue weighted by molar-refractivity contribution is -0.388. The predicted octanol–water partition coefficient (Wildman–Crippen LogP) is 3.18. The van der Waals surface area contributed by atoms with Gasteiger partial charge in [0.25, 0.3) is 0 Å². The van der Waals surface area contributed by atoms with Crippen LogP contribution in [0.2, 0.25) is 0 Å². The number of nitrogens with one attached hydrogen (secondary N) is 1. The van der Waals surface area contributed by atoms with Crippen LogP contribution in [0.15, 0.2) is 24.5 Å². The van der Waals surface area contributed by atoms with Gasteiger partial charge in [0.05, 0.1) is 6.04 Å². The van der Waals surface area contributed by atoms with Crippen LogP contribution in [0.25, 0.3) is 0 Å². The van der Waals surface area contributed by atoms with Gasteiger partial charge in [0, 0.05) is 11.1 Å². The van der Waals surface area contributed by atoms with E-state index in [1.54, 1.807) is 23.5 Å². The van der Waals surface area contributed by atoms with E-state index in [-0.39, 0.29) is 11.9 Å². The molecule has 2 aromatic heterocycles. The van der Waals surface area contributed by atoms with Crippen molar-refractivity contribution >= 4 is 22.8 Å². The molecule has 0 aliphatic rings. The van der Waals surface area contributed by atoms with E-state index in [1.165, 1.54) is 11.1 Å². The standard InChI is InChI=1S/C12H14N4O2S/c1-3-9-7-14-12(19-9)8(2)15-10-5-4-6-13-11(10)16(17)18/h4-8,15H,3H2,1-2H3. The van der Waals surface area contributed by atoms with Gasteiger partial charge in [-0.15, -0.1) is 11.3 Å². The molecule has 19 heavy (non-hydrogen) atoms. The summed E-state index contributed by atoms with van der Waals surface area (Å²) in [5.74, 6) is -0.165. The van der Waals surface area contributed by atoms with E-state index in [2.05, 4.69) is 22.2 Å². The first-order valence-corrected chi connectivity index (χ1v) is 6.74. The molecule has 1 atom stereocenters. The number of nitro groups is 1. The van der Waals surface area contributed by atoms with E-state index in [0.717, 1.165) is 11.4 Å². The van der Waals surface area contributed by atoms with Crippen molar-refractivity contribution < 1.29 is 4.92 Å². The lowest BCUT2D eigenvalue weighted by Gasteiger charge is -2.12. The molecule has 0 aliphatic heterocycles. The smallest absolute Gasteiger partial charge is 0.369 e. The normalized spacial score (nSPS) is 12.1. The topological polar surface area (TPSA) is 81.0 Å². The predicted molar refractivity (Wildman–Crippen MR) is 74.4 cm³/mol. The van der Waals surface area contributed by atoms with Crippen molar-refractivity contribution in [2.75, 3.05) is 5.32 Å². The minimum atomic E-state index is -0.492. The maximum Gasteiger partial charge on any atom is 0.386 e. The van der Waals surface area contributed by atoms with Crippen molar-refractivity contribution in [1.82, 2.24) is 9.97 Å². The van der Waals surface area contributed by atoms with Gasteiger partial charge in [0.1, 0.15) is 16.9 Å². The molecule has 7 heteroatoms. The summed E-state index contributed by atoms with van der Waals surface area (Å²) in [6, 6.07) is 3.23. The molecule has 2 aromatic rings. The van der Waals surface area contributed by atoms with Gasteiger partial charge in [-0.1, -0.05) is 6.92 Å². The Morgan fingerprint density at radius 1 is 1.53 bits per heavy atom. The van der Waals surface area contributed by atoms with Crippen molar-refractivity contribution in [2.24, 2.45) is 0 Å². The Hall–Kier alpha value is -2.02. The molecule has 0 radical (unpaired) electrons. The highest BCUT2D eigenvalue weighted by Crippen LogP contribution is 2.27. The summed E-state index contributed by atoms with van der Waals surface area (Å²) in [5, 5.41) is 14.9. The van der Waals surface area contributed by atoms with Gasteiger partial charge in [-0.25, -0.2) is 4.98 Å². The van der Waals surface area contributed by atoms with Crippen LogP contribution < -0.4 is 5.32 Å². The van der Waals surface area contributed by atoms with Crippen molar-refractivity contribution in [2.45, 2.75) is 26.3 Å². The molecule has 100 valence electrons. The number of pyridine rings is 1. The van der Waals surface area contributed by atoms with Crippen LogP contribution in [0, 0.1) is 10.1 Å². The fourth-order valence-electron chi connectivity index (χ4n) is 1.64. The van der Waals surface area contributed by atoms with Gasteiger partial charge >= 0.3 is 5.82 Å². The third-order valence-electron chi connectivity index (χ3n) is 2.62. The van der Waals surface area contributed by atoms with Crippen LogP contribution in [0.3, 0.4) is 0 Å². The highest BCUT2D eigenvalue weighted by molar-refractivity contribution is 7.11. The molecule has 1 unspecified atom stereocenters. The Morgan fingerprint density at radius 2 is 2.32 bits per heavy atom. The molecule has 1 N–H and O–H groups in total. The van der Waals surface area contributed by atoms with Crippen LogP contribution >= 0.6 is 11.3 Å². The average molecular weight is 278 g/mol. The molecule has 0 saturated carbocycles. The Kier molecular flexibility index (Phi) is 4.06. The zero-order valence-corrected chi connectivity index (χ0v) is 11.5. The van der Waals surface area contributed by atoms with E-state index >= 15 is 0 Å². The molecule has 6 nitrogen and oxygen atoms in total.